The lowest BCUT2D eigenvalue weighted by molar-refractivity contribution is -0.121. The Morgan fingerprint density at radius 3 is 2.57 bits per heavy atom. The minimum absolute atomic E-state index is 0.0229. The molecule has 0 bridgehead atoms. The zero-order valence-corrected chi connectivity index (χ0v) is 12.2. The number of ether oxygens (including phenoxy) is 1. The SMILES string of the molecule is CN(CC(=O)NCC1(COc2ccccc2)CC1)C(N)=O. The number of likely N-dealkylation sites (N-methyl/N-ethyl adjacent to an activating group) is 1. The Morgan fingerprint density at radius 1 is 1.33 bits per heavy atom. The van der Waals surface area contributed by atoms with Crippen LogP contribution in [0.25, 0.3) is 0 Å². The van der Waals surface area contributed by atoms with Crippen molar-refractivity contribution in [2.75, 3.05) is 26.7 Å². The Labute approximate surface area is 124 Å². The van der Waals surface area contributed by atoms with E-state index < -0.39 is 6.03 Å². The van der Waals surface area contributed by atoms with E-state index in [9.17, 15) is 9.59 Å². The molecule has 0 atom stereocenters. The van der Waals surface area contributed by atoms with Crippen LogP contribution in [0.4, 0.5) is 4.79 Å². The minimum atomic E-state index is -0.612. The molecule has 3 N–H and O–H groups in total. The van der Waals surface area contributed by atoms with Crippen LogP contribution in [0, 0.1) is 5.41 Å². The van der Waals surface area contributed by atoms with Gasteiger partial charge in [0.15, 0.2) is 0 Å². The van der Waals surface area contributed by atoms with Crippen molar-refractivity contribution >= 4 is 11.9 Å². The Morgan fingerprint density at radius 2 is 2.00 bits per heavy atom. The number of nitrogens with one attached hydrogen (secondary N) is 1. The molecule has 1 fully saturated rings. The average molecular weight is 291 g/mol. The second kappa shape index (κ2) is 6.47. The molecule has 0 heterocycles. The number of amides is 3. The maximum Gasteiger partial charge on any atom is 0.314 e. The molecule has 3 amide bonds. The van der Waals surface area contributed by atoms with Crippen LogP contribution < -0.4 is 15.8 Å². The fraction of sp³-hybridized carbons (Fsp3) is 0.467. The average Bonchev–Trinajstić information content (AvgIpc) is 3.25. The minimum Gasteiger partial charge on any atom is -0.493 e. The first-order valence-electron chi connectivity index (χ1n) is 6.96. The van der Waals surface area contributed by atoms with Crippen molar-refractivity contribution in [2.24, 2.45) is 11.1 Å². The van der Waals surface area contributed by atoms with Crippen LogP contribution in [0.1, 0.15) is 12.8 Å². The molecule has 114 valence electrons. The number of rotatable bonds is 7. The highest BCUT2D eigenvalue weighted by Gasteiger charge is 2.43. The molecule has 0 unspecified atom stereocenters. The lowest BCUT2D eigenvalue weighted by Gasteiger charge is -2.18. The monoisotopic (exact) mass is 291 g/mol. The largest absolute Gasteiger partial charge is 0.493 e. The molecule has 0 saturated heterocycles. The van der Waals surface area contributed by atoms with Gasteiger partial charge in [-0.15, -0.1) is 0 Å². The Hall–Kier alpha value is -2.24. The smallest absolute Gasteiger partial charge is 0.314 e. The summed E-state index contributed by atoms with van der Waals surface area (Å²) < 4.78 is 5.75. The van der Waals surface area contributed by atoms with Crippen molar-refractivity contribution in [3.63, 3.8) is 0 Å². The van der Waals surface area contributed by atoms with Gasteiger partial charge in [-0.05, 0) is 25.0 Å². The van der Waals surface area contributed by atoms with Gasteiger partial charge in [-0.25, -0.2) is 4.79 Å². The standard InChI is InChI=1S/C15H21N3O3/c1-18(14(16)20)9-13(19)17-10-15(7-8-15)11-21-12-5-3-2-4-6-12/h2-6H,7-11H2,1H3,(H2,16,20)(H,17,19). The normalized spacial score (nSPS) is 15.1. The second-order valence-electron chi connectivity index (χ2n) is 5.57. The lowest BCUT2D eigenvalue weighted by atomic mass is 10.1. The summed E-state index contributed by atoms with van der Waals surface area (Å²) in [7, 11) is 1.49. The van der Waals surface area contributed by atoms with Gasteiger partial charge in [-0.3, -0.25) is 4.79 Å². The Bertz CT molecular complexity index is 500. The van der Waals surface area contributed by atoms with Gasteiger partial charge in [0.1, 0.15) is 12.3 Å². The van der Waals surface area contributed by atoms with Crippen molar-refractivity contribution < 1.29 is 14.3 Å². The second-order valence-corrected chi connectivity index (χ2v) is 5.57. The number of hydrogen-bond acceptors (Lipinski definition) is 3. The van der Waals surface area contributed by atoms with Crippen LogP contribution in [0.5, 0.6) is 5.75 Å². The summed E-state index contributed by atoms with van der Waals surface area (Å²) in [6.07, 6.45) is 2.07. The zero-order valence-electron chi connectivity index (χ0n) is 12.2. The van der Waals surface area contributed by atoms with Gasteiger partial charge in [0.05, 0.1) is 6.61 Å². The lowest BCUT2D eigenvalue weighted by Crippen LogP contribution is -2.42. The fourth-order valence-electron chi connectivity index (χ4n) is 1.94. The highest BCUT2D eigenvalue weighted by molar-refractivity contribution is 5.83. The predicted molar refractivity (Wildman–Crippen MR) is 78.8 cm³/mol. The van der Waals surface area contributed by atoms with Crippen molar-refractivity contribution in [1.82, 2.24) is 10.2 Å². The summed E-state index contributed by atoms with van der Waals surface area (Å²) in [5.74, 6) is 0.630. The van der Waals surface area contributed by atoms with Gasteiger partial charge in [0.25, 0.3) is 0 Å². The highest BCUT2D eigenvalue weighted by atomic mass is 16.5. The van der Waals surface area contributed by atoms with E-state index in [2.05, 4.69) is 5.32 Å². The van der Waals surface area contributed by atoms with Crippen LogP contribution in [0.2, 0.25) is 0 Å². The number of nitrogens with zero attached hydrogens (tertiary/aromatic N) is 1. The van der Waals surface area contributed by atoms with Gasteiger partial charge in [-0.1, -0.05) is 18.2 Å². The number of urea groups is 1. The number of benzene rings is 1. The van der Waals surface area contributed by atoms with E-state index in [1.54, 1.807) is 0 Å². The molecule has 1 aromatic carbocycles. The third kappa shape index (κ3) is 4.66. The number of hydrogen-bond donors (Lipinski definition) is 2. The molecule has 1 saturated carbocycles. The number of carbonyl (C=O) groups excluding carboxylic acids is 2. The number of primary amides is 1. The van der Waals surface area contributed by atoms with Crippen molar-refractivity contribution in [2.45, 2.75) is 12.8 Å². The summed E-state index contributed by atoms with van der Waals surface area (Å²) in [5.41, 5.74) is 5.10. The first kappa shape index (κ1) is 15.2. The Balaban J connectivity index is 1.72. The van der Waals surface area contributed by atoms with Gasteiger partial charge >= 0.3 is 6.03 Å². The molecule has 1 aromatic rings. The molecule has 0 radical (unpaired) electrons. The maximum absolute atomic E-state index is 11.7. The third-order valence-electron chi connectivity index (χ3n) is 3.66. The molecule has 0 aromatic heterocycles. The van der Waals surface area contributed by atoms with E-state index in [-0.39, 0.29) is 17.9 Å². The van der Waals surface area contributed by atoms with E-state index in [0.29, 0.717) is 13.2 Å². The molecule has 6 heteroatoms. The fourth-order valence-corrected chi connectivity index (χ4v) is 1.94. The summed E-state index contributed by atoms with van der Waals surface area (Å²) in [6, 6.07) is 9.01. The summed E-state index contributed by atoms with van der Waals surface area (Å²) in [5, 5.41) is 2.84. The summed E-state index contributed by atoms with van der Waals surface area (Å²) in [4.78, 5) is 23.7. The first-order valence-corrected chi connectivity index (χ1v) is 6.96. The molecule has 6 nitrogen and oxygen atoms in total. The molecular formula is C15H21N3O3. The van der Waals surface area contributed by atoms with Gasteiger partial charge in [0.2, 0.25) is 5.91 Å². The number of para-hydroxylation sites is 1. The van der Waals surface area contributed by atoms with Crippen LogP contribution in [0.15, 0.2) is 30.3 Å². The van der Waals surface area contributed by atoms with E-state index in [0.717, 1.165) is 18.6 Å². The van der Waals surface area contributed by atoms with E-state index in [1.807, 2.05) is 30.3 Å². The molecule has 1 aliphatic rings. The molecule has 21 heavy (non-hydrogen) atoms. The molecular weight excluding hydrogens is 270 g/mol. The van der Waals surface area contributed by atoms with Gasteiger partial charge in [-0.2, -0.15) is 0 Å². The van der Waals surface area contributed by atoms with E-state index >= 15 is 0 Å². The van der Waals surface area contributed by atoms with Crippen LogP contribution in [-0.4, -0.2) is 43.6 Å². The first-order chi connectivity index (χ1) is 10.0. The molecule has 2 rings (SSSR count). The van der Waals surface area contributed by atoms with Crippen LogP contribution in [-0.2, 0) is 4.79 Å². The third-order valence-corrected chi connectivity index (χ3v) is 3.66. The van der Waals surface area contributed by atoms with Crippen LogP contribution in [0.3, 0.4) is 0 Å². The quantitative estimate of drug-likeness (QED) is 0.785. The topological polar surface area (TPSA) is 84.7 Å². The van der Waals surface area contributed by atoms with Crippen LogP contribution >= 0.6 is 0 Å². The zero-order chi connectivity index (χ0) is 15.3. The Kier molecular flexibility index (Phi) is 4.67. The number of carbonyl (C=O) groups is 2. The van der Waals surface area contributed by atoms with Gasteiger partial charge in [0, 0.05) is 19.0 Å². The van der Waals surface area contributed by atoms with E-state index in [4.69, 9.17) is 10.5 Å². The summed E-state index contributed by atoms with van der Waals surface area (Å²) in [6.45, 7) is 1.12. The summed E-state index contributed by atoms with van der Waals surface area (Å²) >= 11 is 0. The number of nitrogens with two attached hydrogens (primary N) is 1. The predicted octanol–water partition coefficient (Wildman–Crippen LogP) is 0.972. The van der Waals surface area contributed by atoms with Gasteiger partial charge < -0.3 is 20.7 Å². The van der Waals surface area contributed by atoms with Crippen molar-refractivity contribution in [3.05, 3.63) is 30.3 Å². The van der Waals surface area contributed by atoms with Crippen molar-refractivity contribution in [1.29, 1.82) is 0 Å². The molecule has 0 aliphatic heterocycles. The molecule has 1 aliphatic carbocycles. The van der Waals surface area contributed by atoms with E-state index in [1.165, 1.54) is 11.9 Å². The van der Waals surface area contributed by atoms with Crippen molar-refractivity contribution in [3.8, 4) is 5.75 Å². The molecule has 0 spiro atoms. The maximum atomic E-state index is 11.7. The highest BCUT2D eigenvalue weighted by Crippen LogP contribution is 2.45.